The van der Waals surface area contributed by atoms with Gasteiger partial charge in [-0.05, 0) is 48.9 Å². The molecule has 2 heterocycles. The number of hydrogen-bond donors (Lipinski definition) is 4. The van der Waals surface area contributed by atoms with Gasteiger partial charge in [0.05, 0.1) is 0 Å². The van der Waals surface area contributed by atoms with Gasteiger partial charge in [0.2, 0.25) is 23.6 Å². The summed E-state index contributed by atoms with van der Waals surface area (Å²) < 4.78 is 1.99. The van der Waals surface area contributed by atoms with Crippen LogP contribution >= 0.6 is 0 Å². The zero-order valence-electron chi connectivity index (χ0n) is 56.9. The molecule has 2 aromatic heterocycles. The van der Waals surface area contributed by atoms with Gasteiger partial charge in [0.1, 0.15) is 19.1 Å². The van der Waals surface area contributed by atoms with Crippen molar-refractivity contribution < 1.29 is 36.2 Å². The Hall–Kier alpha value is -3.53. The summed E-state index contributed by atoms with van der Waals surface area (Å²) in [4.78, 5) is 55.7. The standard InChI is InChI=1S/C39H71N3O2.C36H65N3O2.ClH/c1-4-6-8-10-12-14-16-17-18-20-22-24-26-28-32-40-39(44)37(35-36-30-33-42(3)34-31-36)41-38(43)29-27-25-23-21-19-15-13-11-9-7-5-2;1-3-5-7-9-11-13-15-17-19-21-23-25-29-38-36(41)34(32-33-27-30-37-31-28-33)39-35(40)26-24-22-20-18-16-14-12-10-8-6-4-2;/h30-31,33-34,37H,4-29,32,35H2,1-3H3,(H-,40,41,43,44);27-28,30-31,34H,3-26,29,32H2,1-2H3,(H,38,41)(H,39,40);1H. The molecule has 0 fully saturated rings. The van der Waals surface area contributed by atoms with Crippen molar-refractivity contribution in [3.8, 4) is 0 Å². The molecule has 0 saturated heterocycles. The highest BCUT2D eigenvalue weighted by Gasteiger charge is 2.23. The van der Waals surface area contributed by atoms with Crippen LogP contribution in [-0.4, -0.2) is 53.8 Å². The van der Waals surface area contributed by atoms with Crippen LogP contribution in [0.25, 0.3) is 0 Å². The maximum absolute atomic E-state index is 13.1. The van der Waals surface area contributed by atoms with Crippen LogP contribution in [0.2, 0.25) is 0 Å². The predicted molar refractivity (Wildman–Crippen MR) is 363 cm³/mol. The summed E-state index contributed by atoms with van der Waals surface area (Å²) in [5, 5.41) is 12.3. The molecule has 10 nitrogen and oxygen atoms in total. The van der Waals surface area contributed by atoms with E-state index in [1.165, 1.54) is 257 Å². The monoisotopic (exact) mass is 1220 g/mol. The molecule has 4 amide bonds. The third-order valence-electron chi connectivity index (χ3n) is 17.2. The van der Waals surface area contributed by atoms with Gasteiger partial charge in [0.25, 0.3) is 0 Å². The van der Waals surface area contributed by atoms with Crippen molar-refractivity contribution in [2.24, 2.45) is 7.05 Å². The molecule has 0 bridgehead atoms. The molecule has 86 heavy (non-hydrogen) atoms. The molecular formula is C75H137ClN6O4. The van der Waals surface area contributed by atoms with Gasteiger partial charge in [0, 0.05) is 63.3 Å². The molecule has 0 spiro atoms. The van der Waals surface area contributed by atoms with E-state index < -0.39 is 12.1 Å². The SMILES string of the molecule is CCCCCCCCCCCCCCCCNC(=O)C(Cc1cc[n+](C)cc1)NC(=O)CCCCCCCCCCCCC.CCCCCCCCCCCCCCNC(=O)C(Cc1ccncc1)NC(=O)CCCCCCCCCCCCC.[Cl-]. The number of halogens is 1. The Morgan fingerprint density at radius 3 is 0.849 bits per heavy atom. The minimum absolute atomic E-state index is 0. The summed E-state index contributed by atoms with van der Waals surface area (Å²) in [5.74, 6) is -0.142. The second-order valence-electron chi connectivity index (χ2n) is 25.5. The zero-order chi connectivity index (χ0) is 61.6. The summed E-state index contributed by atoms with van der Waals surface area (Å²) >= 11 is 0. The topological polar surface area (TPSA) is 133 Å². The van der Waals surface area contributed by atoms with Gasteiger partial charge in [-0.25, -0.2) is 4.57 Å². The van der Waals surface area contributed by atoms with Gasteiger partial charge in [0.15, 0.2) is 12.4 Å². The third-order valence-corrected chi connectivity index (χ3v) is 17.2. The largest absolute Gasteiger partial charge is 1.00 e. The Balaban J connectivity index is 0.00000166. The van der Waals surface area contributed by atoms with Crippen LogP contribution in [0, 0.1) is 0 Å². The van der Waals surface area contributed by atoms with Gasteiger partial charge >= 0.3 is 0 Å². The average Bonchev–Trinajstić information content (AvgIpc) is 3.61. The molecule has 2 aromatic rings. The molecule has 0 aliphatic rings. The Morgan fingerprint density at radius 2 is 0.581 bits per heavy atom. The summed E-state index contributed by atoms with van der Waals surface area (Å²) in [6.07, 6.45) is 71.5. The van der Waals surface area contributed by atoms with Gasteiger partial charge < -0.3 is 33.7 Å². The molecule has 498 valence electrons. The number of amides is 4. The molecule has 0 aliphatic heterocycles. The minimum atomic E-state index is -0.532. The highest BCUT2D eigenvalue weighted by molar-refractivity contribution is 5.88. The van der Waals surface area contributed by atoms with E-state index in [1.54, 1.807) is 12.4 Å². The summed E-state index contributed by atoms with van der Waals surface area (Å²) in [7, 11) is 1.99. The molecular weight excluding hydrogens is 1080 g/mol. The molecule has 0 aliphatic carbocycles. The number of carbonyl (C=O) groups excluding carboxylic acids is 4. The number of rotatable bonds is 60. The lowest BCUT2D eigenvalue weighted by molar-refractivity contribution is -0.671. The van der Waals surface area contributed by atoms with E-state index in [4.69, 9.17) is 0 Å². The quantitative estimate of drug-likeness (QED) is 0.0387. The lowest BCUT2D eigenvalue weighted by atomic mass is 10.0. The second-order valence-corrected chi connectivity index (χ2v) is 25.5. The van der Waals surface area contributed by atoms with E-state index >= 15 is 0 Å². The van der Waals surface area contributed by atoms with E-state index in [1.807, 2.05) is 48.3 Å². The van der Waals surface area contributed by atoms with Crippen LogP contribution in [0.1, 0.15) is 360 Å². The van der Waals surface area contributed by atoms with E-state index in [9.17, 15) is 19.2 Å². The Morgan fingerprint density at radius 1 is 0.349 bits per heavy atom. The highest BCUT2D eigenvalue weighted by Crippen LogP contribution is 2.17. The van der Waals surface area contributed by atoms with E-state index in [0.29, 0.717) is 38.8 Å². The fraction of sp³-hybridized carbons (Fsp3) is 0.813. The Kier molecular flexibility index (Phi) is 61.8. The number of aromatic nitrogens is 2. The fourth-order valence-corrected chi connectivity index (χ4v) is 11.5. The number of nitrogens with zero attached hydrogens (tertiary/aromatic N) is 2. The number of unbranched alkanes of at least 4 members (excludes halogenated alkanes) is 44. The molecule has 2 rings (SSSR count). The van der Waals surface area contributed by atoms with Gasteiger partial charge in [-0.15, -0.1) is 0 Å². The molecule has 0 aromatic carbocycles. The van der Waals surface area contributed by atoms with Gasteiger partial charge in [-0.1, -0.05) is 310 Å². The van der Waals surface area contributed by atoms with E-state index in [2.05, 4.69) is 53.9 Å². The maximum atomic E-state index is 13.1. The van der Waals surface area contributed by atoms with Gasteiger partial charge in [-0.2, -0.15) is 0 Å². The normalized spacial score (nSPS) is 11.7. The number of nitrogens with one attached hydrogen (secondary N) is 4. The van der Waals surface area contributed by atoms with Crippen molar-refractivity contribution in [2.75, 3.05) is 13.1 Å². The number of aryl methyl sites for hydroxylation is 1. The van der Waals surface area contributed by atoms with Crippen molar-refractivity contribution in [2.45, 2.75) is 374 Å². The molecule has 2 atom stereocenters. The molecule has 0 radical (unpaired) electrons. The van der Waals surface area contributed by atoms with Gasteiger partial charge in [-0.3, -0.25) is 24.2 Å². The fourth-order valence-electron chi connectivity index (χ4n) is 11.5. The maximum Gasteiger partial charge on any atom is 0.242 e. The first-order valence-electron chi connectivity index (χ1n) is 36.7. The first kappa shape index (κ1) is 82.5. The molecule has 4 N–H and O–H groups in total. The van der Waals surface area contributed by atoms with Crippen LogP contribution in [0.4, 0.5) is 0 Å². The van der Waals surface area contributed by atoms with E-state index in [-0.39, 0.29) is 36.0 Å². The van der Waals surface area contributed by atoms with Crippen LogP contribution in [-0.2, 0) is 39.1 Å². The smallest absolute Gasteiger partial charge is 0.242 e. The van der Waals surface area contributed by atoms with Crippen LogP contribution in [0.3, 0.4) is 0 Å². The average molecular weight is 1220 g/mol. The van der Waals surface area contributed by atoms with E-state index in [0.717, 1.165) is 62.5 Å². The summed E-state index contributed by atoms with van der Waals surface area (Å²) in [6, 6.07) is 6.85. The zero-order valence-corrected chi connectivity index (χ0v) is 57.6. The van der Waals surface area contributed by atoms with Crippen molar-refractivity contribution >= 4 is 23.6 Å². The van der Waals surface area contributed by atoms with Crippen LogP contribution in [0.15, 0.2) is 49.1 Å². The van der Waals surface area contributed by atoms with Crippen LogP contribution in [0.5, 0.6) is 0 Å². The summed E-state index contributed by atoms with van der Waals surface area (Å²) in [6.45, 7) is 10.4. The third kappa shape index (κ3) is 54.6. The first-order chi connectivity index (χ1) is 41.7. The first-order valence-corrected chi connectivity index (χ1v) is 36.7. The lowest BCUT2D eigenvalue weighted by Gasteiger charge is -2.19. The van der Waals surface area contributed by atoms with Crippen molar-refractivity contribution in [1.82, 2.24) is 26.3 Å². The van der Waals surface area contributed by atoms with Crippen molar-refractivity contribution in [3.05, 3.63) is 60.2 Å². The van der Waals surface area contributed by atoms with Crippen LogP contribution < -0.4 is 38.2 Å². The van der Waals surface area contributed by atoms with Crippen molar-refractivity contribution in [3.63, 3.8) is 0 Å². The highest BCUT2D eigenvalue weighted by atomic mass is 35.5. The Bertz CT molecular complexity index is 1780. The summed E-state index contributed by atoms with van der Waals surface area (Å²) in [5.41, 5.74) is 2.08. The molecule has 0 saturated carbocycles. The minimum Gasteiger partial charge on any atom is -1.00 e. The number of carbonyl (C=O) groups is 4. The number of pyridine rings is 2. The van der Waals surface area contributed by atoms with Crippen molar-refractivity contribution in [1.29, 1.82) is 0 Å². The predicted octanol–water partition coefficient (Wildman–Crippen LogP) is 16.5. The number of hydrogen-bond acceptors (Lipinski definition) is 5. The Labute approximate surface area is 537 Å². The lowest BCUT2D eigenvalue weighted by Crippen LogP contribution is -3.00. The second kappa shape index (κ2) is 64.5. The molecule has 11 heteroatoms. The molecule has 2 unspecified atom stereocenters.